The third-order valence-electron chi connectivity index (χ3n) is 3.50. The number of hydrogen-bond acceptors (Lipinski definition) is 4. The maximum absolute atomic E-state index is 12.3. The van der Waals surface area contributed by atoms with Crippen molar-refractivity contribution in [3.8, 4) is 5.75 Å². The van der Waals surface area contributed by atoms with E-state index in [-0.39, 0.29) is 5.91 Å². The van der Waals surface area contributed by atoms with Crippen LogP contribution in [-0.2, 0) is 4.79 Å². The third-order valence-corrected chi connectivity index (χ3v) is 4.67. The molecule has 24 heavy (non-hydrogen) atoms. The molecule has 0 saturated heterocycles. The first-order valence-corrected chi connectivity index (χ1v) is 8.38. The minimum Gasteiger partial charge on any atom is -0.497 e. The van der Waals surface area contributed by atoms with Crippen LogP contribution < -0.4 is 20.7 Å². The van der Waals surface area contributed by atoms with Gasteiger partial charge in [-0.15, -0.1) is 11.8 Å². The van der Waals surface area contributed by atoms with Crippen molar-refractivity contribution in [2.45, 2.75) is 10.9 Å². The topological polar surface area (TPSA) is 79.5 Å². The number of ether oxygens (including phenoxy) is 1. The maximum atomic E-state index is 12.3. The number of para-hydroxylation sites is 1. The second kappa shape index (κ2) is 7.27. The molecule has 3 amide bonds. The Kier molecular flexibility index (Phi) is 4.90. The third kappa shape index (κ3) is 3.80. The molecule has 0 fully saturated rings. The number of amides is 3. The van der Waals surface area contributed by atoms with Crippen LogP contribution >= 0.6 is 11.8 Å². The van der Waals surface area contributed by atoms with Crippen molar-refractivity contribution in [2.24, 2.45) is 0 Å². The van der Waals surface area contributed by atoms with E-state index in [9.17, 15) is 9.59 Å². The minimum absolute atomic E-state index is 0.228. The van der Waals surface area contributed by atoms with Crippen LogP contribution in [-0.4, -0.2) is 30.8 Å². The van der Waals surface area contributed by atoms with Gasteiger partial charge in [-0.05, 0) is 24.3 Å². The lowest BCUT2D eigenvalue weighted by molar-refractivity contribution is -0.117. The van der Waals surface area contributed by atoms with Crippen molar-refractivity contribution < 1.29 is 14.3 Å². The van der Waals surface area contributed by atoms with Crippen LogP contribution in [0.1, 0.15) is 0 Å². The highest BCUT2D eigenvalue weighted by atomic mass is 32.2. The smallest absolute Gasteiger partial charge is 0.319 e. The Balaban J connectivity index is 1.63. The molecule has 0 aliphatic carbocycles. The Bertz CT molecular complexity index is 766. The second-order valence-electron chi connectivity index (χ2n) is 5.18. The molecular weight excluding hydrogens is 326 g/mol. The quantitative estimate of drug-likeness (QED) is 0.800. The van der Waals surface area contributed by atoms with Crippen LogP contribution in [0.3, 0.4) is 0 Å². The fourth-order valence-electron chi connectivity index (χ4n) is 2.30. The molecule has 0 radical (unpaired) electrons. The van der Waals surface area contributed by atoms with E-state index in [1.54, 1.807) is 31.4 Å². The summed E-state index contributed by atoms with van der Waals surface area (Å²) in [4.78, 5) is 25.4. The van der Waals surface area contributed by atoms with E-state index >= 15 is 0 Å². The van der Waals surface area contributed by atoms with E-state index in [1.165, 1.54) is 11.8 Å². The van der Waals surface area contributed by atoms with Crippen molar-refractivity contribution in [1.29, 1.82) is 0 Å². The summed E-state index contributed by atoms with van der Waals surface area (Å²) in [5.41, 5.74) is 1.36. The minimum atomic E-state index is -0.618. The first kappa shape index (κ1) is 16.2. The fourth-order valence-corrected chi connectivity index (χ4v) is 3.33. The molecule has 2 aromatic rings. The fraction of sp³-hybridized carbons (Fsp3) is 0.176. The SMILES string of the molecule is COc1cccc(NC(=O)N[C@H]2CSc3ccccc3NC2=O)c1. The molecule has 3 rings (SSSR count). The van der Waals surface area contributed by atoms with E-state index in [2.05, 4.69) is 16.0 Å². The molecular formula is C17H17N3O3S. The lowest BCUT2D eigenvalue weighted by Crippen LogP contribution is -2.46. The number of benzene rings is 2. The van der Waals surface area contributed by atoms with E-state index in [4.69, 9.17) is 4.74 Å². The summed E-state index contributed by atoms with van der Waals surface area (Å²) in [5, 5.41) is 8.25. The van der Waals surface area contributed by atoms with Crippen LogP contribution in [0.15, 0.2) is 53.4 Å². The van der Waals surface area contributed by atoms with Gasteiger partial charge >= 0.3 is 6.03 Å². The normalized spacial score (nSPS) is 16.4. The highest BCUT2D eigenvalue weighted by Gasteiger charge is 2.25. The van der Waals surface area contributed by atoms with Crippen molar-refractivity contribution in [3.63, 3.8) is 0 Å². The Morgan fingerprint density at radius 2 is 2.08 bits per heavy atom. The number of nitrogens with one attached hydrogen (secondary N) is 3. The number of rotatable bonds is 3. The van der Waals surface area contributed by atoms with Gasteiger partial charge in [-0.1, -0.05) is 18.2 Å². The van der Waals surface area contributed by atoms with Crippen LogP contribution in [0.25, 0.3) is 0 Å². The molecule has 0 saturated carbocycles. The lowest BCUT2D eigenvalue weighted by Gasteiger charge is -2.15. The van der Waals surface area contributed by atoms with Gasteiger partial charge in [-0.25, -0.2) is 4.79 Å². The Labute approximate surface area is 144 Å². The number of hydrogen-bond donors (Lipinski definition) is 3. The van der Waals surface area contributed by atoms with E-state index in [0.29, 0.717) is 17.2 Å². The lowest BCUT2D eigenvalue weighted by atomic mass is 10.2. The van der Waals surface area contributed by atoms with Crippen molar-refractivity contribution in [1.82, 2.24) is 5.32 Å². The number of methoxy groups -OCH3 is 1. The van der Waals surface area contributed by atoms with Crippen molar-refractivity contribution in [2.75, 3.05) is 23.5 Å². The molecule has 124 valence electrons. The van der Waals surface area contributed by atoms with Gasteiger partial charge in [-0.3, -0.25) is 4.79 Å². The summed E-state index contributed by atoms with van der Waals surface area (Å²) in [6, 6.07) is 13.5. The molecule has 7 heteroatoms. The van der Waals surface area contributed by atoms with E-state index < -0.39 is 12.1 Å². The van der Waals surface area contributed by atoms with Crippen molar-refractivity contribution >= 4 is 35.1 Å². The van der Waals surface area contributed by atoms with Crippen molar-refractivity contribution in [3.05, 3.63) is 48.5 Å². The second-order valence-corrected chi connectivity index (χ2v) is 6.24. The predicted molar refractivity (Wildman–Crippen MR) is 94.7 cm³/mol. The average Bonchev–Trinajstić information content (AvgIpc) is 2.74. The summed E-state index contributed by atoms with van der Waals surface area (Å²) in [5.74, 6) is 0.883. The standard InChI is InChI=1S/C17H17N3O3S/c1-23-12-6-4-5-11(9-12)18-17(22)20-14-10-24-15-8-3-2-7-13(15)19-16(14)21/h2-9,14H,10H2,1H3,(H,19,21)(H2,18,20,22)/t14-/m0/s1. The molecule has 2 aromatic carbocycles. The van der Waals surface area contributed by atoms with Gasteiger partial charge < -0.3 is 20.7 Å². The predicted octanol–water partition coefficient (Wildman–Crippen LogP) is 2.93. The first-order valence-electron chi connectivity index (χ1n) is 7.40. The van der Waals surface area contributed by atoms with Crippen LogP contribution in [0.5, 0.6) is 5.75 Å². The summed E-state index contributed by atoms with van der Waals surface area (Å²) >= 11 is 1.53. The molecule has 0 unspecified atom stereocenters. The molecule has 1 heterocycles. The number of fused-ring (bicyclic) bond motifs is 1. The van der Waals surface area contributed by atoms with E-state index in [1.807, 2.05) is 24.3 Å². The number of carbonyl (C=O) groups excluding carboxylic acids is 2. The summed E-state index contributed by atoms with van der Waals surface area (Å²) in [6.45, 7) is 0. The molecule has 0 spiro atoms. The van der Waals surface area contributed by atoms with Gasteiger partial charge in [0.25, 0.3) is 0 Å². The number of thioether (sulfide) groups is 1. The molecule has 6 nitrogen and oxygen atoms in total. The van der Waals surface area contributed by atoms with Gasteiger partial charge in [0.05, 0.1) is 12.8 Å². The summed E-state index contributed by atoms with van der Waals surface area (Å²) in [6.07, 6.45) is 0. The van der Waals surface area contributed by atoms with Gasteiger partial charge in [-0.2, -0.15) is 0 Å². The largest absolute Gasteiger partial charge is 0.497 e. The molecule has 0 aromatic heterocycles. The molecule has 1 atom stereocenters. The van der Waals surface area contributed by atoms with Crippen LogP contribution in [0.4, 0.5) is 16.2 Å². The monoisotopic (exact) mass is 343 g/mol. The number of anilines is 2. The number of carbonyl (C=O) groups is 2. The molecule has 1 aliphatic rings. The van der Waals surface area contributed by atoms with Gasteiger partial charge in [0.15, 0.2) is 0 Å². The Morgan fingerprint density at radius 1 is 1.25 bits per heavy atom. The zero-order chi connectivity index (χ0) is 16.9. The highest BCUT2D eigenvalue weighted by Crippen LogP contribution is 2.30. The average molecular weight is 343 g/mol. The Morgan fingerprint density at radius 3 is 2.92 bits per heavy atom. The Hall–Kier alpha value is -2.67. The maximum Gasteiger partial charge on any atom is 0.319 e. The zero-order valence-corrected chi connectivity index (χ0v) is 13.9. The highest BCUT2D eigenvalue weighted by molar-refractivity contribution is 7.99. The van der Waals surface area contributed by atoms with Gasteiger partial charge in [0, 0.05) is 22.4 Å². The zero-order valence-electron chi connectivity index (χ0n) is 13.0. The molecule has 0 bridgehead atoms. The first-order chi connectivity index (χ1) is 11.7. The summed E-state index contributed by atoms with van der Waals surface area (Å²) < 4.78 is 5.12. The molecule has 3 N–H and O–H groups in total. The van der Waals surface area contributed by atoms with Crippen LogP contribution in [0, 0.1) is 0 Å². The van der Waals surface area contributed by atoms with Gasteiger partial charge in [0.1, 0.15) is 11.8 Å². The van der Waals surface area contributed by atoms with E-state index in [0.717, 1.165) is 10.6 Å². The summed E-state index contributed by atoms with van der Waals surface area (Å²) in [7, 11) is 1.56. The number of urea groups is 1. The molecule has 1 aliphatic heterocycles. The van der Waals surface area contributed by atoms with Gasteiger partial charge in [0.2, 0.25) is 5.91 Å². The van der Waals surface area contributed by atoms with Crippen LogP contribution in [0.2, 0.25) is 0 Å².